The summed E-state index contributed by atoms with van der Waals surface area (Å²) in [4.78, 5) is 44.2. The number of amides is 2. The van der Waals surface area contributed by atoms with Crippen LogP contribution in [0.1, 0.15) is 65.1 Å². The maximum absolute atomic E-state index is 15.5. The summed E-state index contributed by atoms with van der Waals surface area (Å²) >= 11 is 0. The van der Waals surface area contributed by atoms with E-state index in [-0.39, 0.29) is 30.4 Å². The lowest BCUT2D eigenvalue weighted by molar-refractivity contribution is -0.134. The van der Waals surface area contributed by atoms with Gasteiger partial charge in [-0.05, 0) is 50.5 Å². The number of hydrogen-bond acceptors (Lipinski definition) is 5. The maximum Gasteiger partial charge on any atom is 0.339 e. The van der Waals surface area contributed by atoms with Crippen molar-refractivity contribution >= 4 is 17.8 Å². The van der Waals surface area contributed by atoms with Crippen molar-refractivity contribution in [2.75, 3.05) is 13.1 Å². The van der Waals surface area contributed by atoms with Gasteiger partial charge in [-0.3, -0.25) is 14.6 Å². The van der Waals surface area contributed by atoms with Gasteiger partial charge in [-0.1, -0.05) is 36.4 Å². The molecule has 6 rings (SSSR count). The number of rotatable bonds is 5. The van der Waals surface area contributed by atoms with Crippen molar-refractivity contribution in [3.63, 3.8) is 0 Å². The quantitative estimate of drug-likeness (QED) is 0.513. The molecule has 1 spiro atoms. The molecule has 2 aliphatic heterocycles. The van der Waals surface area contributed by atoms with Gasteiger partial charge >= 0.3 is 5.97 Å². The summed E-state index contributed by atoms with van der Waals surface area (Å²) in [7, 11) is 0. The Kier molecular flexibility index (Phi) is 5.59. The van der Waals surface area contributed by atoms with Crippen LogP contribution >= 0.6 is 0 Å². The van der Waals surface area contributed by atoms with E-state index in [0.29, 0.717) is 53.8 Å². The van der Waals surface area contributed by atoms with Crippen molar-refractivity contribution < 1.29 is 23.5 Å². The molecule has 1 aromatic heterocycles. The average Bonchev–Trinajstić information content (AvgIpc) is 3.53. The van der Waals surface area contributed by atoms with Gasteiger partial charge in [0.2, 0.25) is 5.91 Å². The third-order valence-electron chi connectivity index (χ3n) is 7.84. The number of ether oxygens (including phenoxy) is 1. The first kappa shape index (κ1) is 24.3. The minimum atomic E-state index is -0.896. The number of likely N-dealkylation sites (tertiary alicyclic amines) is 1. The van der Waals surface area contributed by atoms with Crippen molar-refractivity contribution in [3.05, 3.63) is 89.0 Å². The Morgan fingerprint density at radius 2 is 1.79 bits per heavy atom. The number of carbonyl (C=O) groups is 3. The van der Waals surface area contributed by atoms with E-state index >= 15 is 4.39 Å². The third-order valence-corrected chi connectivity index (χ3v) is 7.84. The molecule has 1 N–H and O–H groups in total. The predicted octanol–water partition coefficient (Wildman–Crippen LogP) is 4.36. The molecule has 38 heavy (non-hydrogen) atoms. The van der Waals surface area contributed by atoms with Gasteiger partial charge in [-0.15, -0.1) is 0 Å². The Morgan fingerprint density at radius 1 is 1.03 bits per heavy atom. The molecule has 1 unspecified atom stereocenters. The summed E-state index contributed by atoms with van der Waals surface area (Å²) in [6, 6.07) is 15.6. The van der Waals surface area contributed by atoms with Gasteiger partial charge < -0.3 is 15.0 Å². The number of aromatic nitrogens is 1. The van der Waals surface area contributed by atoms with E-state index in [2.05, 4.69) is 10.3 Å². The molecule has 3 aromatic rings. The molecule has 1 aliphatic carbocycles. The fourth-order valence-electron chi connectivity index (χ4n) is 5.75. The zero-order valence-electron chi connectivity index (χ0n) is 21.3. The molecule has 0 radical (unpaired) electrons. The number of nitrogens with zero attached hydrogens (tertiary/aromatic N) is 2. The van der Waals surface area contributed by atoms with Crippen LogP contribution in [0, 0.1) is 5.82 Å². The Morgan fingerprint density at radius 3 is 2.47 bits per heavy atom. The van der Waals surface area contributed by atoms with Gasteiger partial charge in [-0.2, -0.15) is 0 Å². The number of carbonyl (C=O) groups excluding carboxylic acids is 3. The highest BCUT2D eigenvalue weighted by atomic mass is 19.1. The second kappa shape index (κ2) is 8.75. The highest BCUT2D eigenvalue weighted by molar-refractivity contribution is 5.96. The van der Waals surface area contributed by atoms with Crippen LogP contribution < -0.4 is 5.32 Å². The highest BCUT2D eigenvalue weighted by Crippen LogP contribution is 2.53. The first-order valence-electron chi connectivity index (χ1n) is 12.9. The molecule has 2 amide bonds. The van der Waals surface area contributed by atoms with Crippen molar-refractivity contribution in [2.45, 2.75) is 50.2 Å². The number of esters is 1. The lowest BCUT2D eigenvalue weighted by Crippen LogP contribution is -2.40. The zero-order chi connectivity index (χ0) is 26.7. The van der Waals surface area contributed by atoms with Crippen molar-refractivity contribution in [1.82, 2.24) is 15.2 Å². The number of benzene rings is 2. The van der Waals surface area contributed by atoms with E-state index in [1.807, 2.05) is 26.0 Å². The lowest BCUT2D eigenvalue weighted by Gasteiger charge is -2.27. The zero-order valence-corrected chi connectivity index (χ0v) is 21.3. The van der Waals surface area contributed by atoms with E-state index < -0.39 is 16.8 Å². The second-order valence-electron chi connectivity index (χ2n) is 10.7. The van der Waals surface area contributed by atoms with Crippen molar-refractivity contribution in [3.8, 4) is 11.1 Å². The van der Waals surface area contributed by atoms with Gasteiger partial charge in [0.25, 0.3) is 5.91 Å². The Bertz CT molecular complexity index is 1460. The van der Waals surface area contributed by atoms with Crippen LogP contribution in [0.2, 0.25) is 0 Å². The van der Waals surface area contributed by atoms with E-state index in [9.17, 15) is 14.4 Å². The van der Waals surface area contributed by atoms with Gasteiger partial charge in [0.15, 0.2) is 5.60 Å². The van der Waals surface area contributed by atoms with Gasteiger partial charge in [-0.25, -0.2) is 9.18 Å². The smallest absolute Gasteiger partial charge is 0.339 e. The van der Waals surface area contributed by atoms with Crippen molar-refractivity contribution in [1.29, 1.82) is 0 Å². The molecular formula is C30H28FN3O4. The molecule has 3 heterocycles. The summed E-state index contributed by atoms with van der Waals surface area (Å²) < 4.78 is 21.3. The SMILES string of the molecule is CC(C)NC(=O)c1ccc(-c2ccc(C3(C(=O)N4CCC5(C4)OC(=O)c4ccccc45)CC3)c(F)c2)cn1. The third kappa shape index (κ3) is 3.86. The summed E-state index contributed by atoms with van der Waals surface area (Å²) in [6.45, 7) is 4.47. The number of nitrogens with one attached hydrogen (secondary N) is 1. The Balaban J connectivity index is 1.21. The summed E-state index contributed by atoms with van der Waals surface area (Å²) in [6.07, 6.45) is 3.22. The lowest BCUT2D eigenvalue weighted by atomic mass is 9.90. The maximum atomic E-state index is 15.5. The molecule has 3 aliphatic rings. The van der Waals surface area contributed by atoms with Crippen LogP contribution in [0.4, 0.5) is 4.39 Å². The molecular weight excluding hydrogens is 485 g/mol. The summed E-state index contributed by atoms with van der Waals surface area (Å²) in [5.74, 6) is -1.19. The predicted molar refractivity (Wildman–Crippen MR) is 138 cm³/mol. The molecule has 8 heteroatoms. The first-order chi connectivity index (χ1) is 18.2. The van der Waals surface area contributed by atoms with Crippen LogP contribution in [0.15, 0.2) is 60.8 Å². The van der Waals surface area contributed by atoms with Crippen molar-refractivity contribution in [2.24, 2.45) is 0 Å². The minimum Gasteiger partial charge on any atom is -0.449 e. The standard InChI is InChI=1S/C30H28FN3O4/c1-18(2)33-26(35)25-10-8-20(16-32-25)19-7-9-23(24(31)15-19)29(11-12-29)28(37)34-14-13-30(17-34)22-6-4-3-5-21(22)27(36)38-30/h3-10,15-16,18H,11-14,17H2,1-2H3,(H,33,35). The monoisotopic (exact) mass is 513 g/mol. The summed E-state index contributed by atoms with van der Waals surface area (Å²) in [5, 5.41) is 2.79. The topological polar surface area (TPSA) is 88.6 Å². The molecule has 1 atom stereocenters. The van der Waals surface area contributed by atoms with Crippen LogP contribution in [0.3, 0.4) is 0 Å². The minimum absolute atomic E-state index is 0.00171. The highest BCUT2D eigenvalue weighted by Gasteiger charge is 2.58. The molecule has 7 nitrogen and oxygen atoms in total. The van der Waals surface area contributed by atoms with E-state index in [1.54, 1.807) is 47.5 Å². The van der Waals surface area contributed by atoms with Gasteiger partial charge in [0, 0.05) is 41.9 Å². The fraction of sp³-hybridized carbons (Fsp3) is 0.333. The Hall–Kier alpha value is -4.07. The number of pyridine rings is 1. The van der Waals surface area contributed by atoms with E-state index in [0.717, 1.165) is 5.56 Å². The summed E-state index contributed by atoms with van der Waals surface area (Å²) in [5.41, 5.74) is 1.62. The average molecular weight is 514 g/mol. The molecule has 2 aromatic carbocycles. The van der Waals surface area contributed by atoms with Gasteiger partial charge in [0.05, 0.1) is 17.5 Å². The number of halogens is 1. The van der Waals surface area contributed by atoms with Gasteiger partial charge in [0.1, 0.15) is 11.5 Å². The first-order valence-corrected chi connectivity index (χ1v) is 12.9. The fourth-order valence-corrected chi connectivity index (χ4v) is 5.75. The van der Waals surface area contributed by atoms with Crippen LogP contribution in [0.25, 0.3) is 11.1 Å². The van der Waals surface area contributed by atoms with E-state index in [1.165, 1.54) is 6.07 Å². The van der Waals surface area contributed by atoms with Crippen LogP contribution in [0.5, 0.6) is 0 Å². The number of fused-ring (bicyclic) bond motifs is 2. The number of hydrogen-bond donors (Lipinski definition) is 1. The molecule has 2 fully saturated rings. The second-order valence-corrected chi connectivity index (χ2v) is 10.7. The van der Waals surface area contributed by atoms with E-state index in [4.69, 9.17) is 4.74 Å². The van der Waals surface area contributed by atoms with Crippen LogP contribution in [-0.2, 0) is 20.5 Å². The molecule has 194 valence electrons. The molecule has 1 saturated heterocycles. The molecule has 1 saturated carbocycles. The normalized spacial score (nSPS) is 20.9. The Labute approximate surface area is 220 Å². The largest absolute Gasteiger partial charge is 0.449 e. The van der Waals surface area contributed by atoms with Crippen LogP contribution in [-0.4, -0.2) is 46.8 Å². The molecule has 0 bridgehead atoms.